The molecule has 0 aromatic heterocycles. The van der Waals surface area contributed by atoms with Crippen LogP contribution in [0.1, 0.15) is 52.0 Å². The van der Waals surface area contributed by atoms with Crippen molar-refractivity contribution in [2.45, 2.75) is 64.5 Å². The van der Waals surface area contributed by atoms with E-state index in [9.17, 15) is 9.59 Å². The van der Waals surface area contributed by atoms with Crippen LogP contribution in [-0.2, 0) is 16.0 Å². The second-order valence-electron chi connectivity index (χ2n) is 7.63. The molecule has 0 saturated carbocycles. The molecule has 2 amide bonds. The quantitative estimate of drug-likeness (QED) is 0.907. The van der Waals surface area contributed by atoms with Crippen LogP contribution < -0.4 is 5.32 Å². The maximum atomic E-state index is 13.0. The number of benzene rings is 1. The van der Waals surface area contributed by atoms with Crippen molar-refractivity contribution in [1.82, 2.24) is 10.2 Å². The number of alkyl carbamates (subject to hydrolysis) is 1. The number of carbonyl (C=O) groups is 2. The molecular weight excluding hydrogens is 316 g/mol. The van der Waals surface area contributed by atoms with Gasteiger partial charge in [0.05, 0.1) is 0 Å². The van der Waals surface area contributed by atoms with Crippen LogP contribution >= 0.6 is 0 Å². The van der Waals surface area contributed by atoms with Gasteiger partial charge in [-0.15, -0.1) is 0 Å². The Labute approximate surface area is 150 Å². The summed E-state index contributed by atoms with van der Waals surface area (Å²) in [6.45, 7) is 6.97. The number of rotatable bonds is 4. The van der Waals surface area contributed by atoms with Gasteiger partial charge in [0.25, 0.3) is 0 Å². The highest BCUT2D eigenvalue weighted by Crippen LogP contribution is 2.14. The van der Waals surface area contributed by atoms with E-state index in [-0.39, 0.29) is 5.91 Å². The number of ether oxygens (including phenoxy) is 1. The molecule has 0 aliphatic carbocycles. The maximum Gasteiger partial charge on any atom is 0.408 e. The van der Waals surface area contributed by atoms with Crippen molar-refractivity contribution in [2.24, 2.45) is 0 Å². The van der Waals surface area contributed by atoms with Crippen LogP contribution in [0.2, 0.25) is 0 Å². The number of hydrogen-bond acceptors (Lipinski definition) is 3. The molecule has 0 radical (unpaired) electrons. The Morgan fingerprint density at radius 2 is 1.68 bits per heavy atom. The minimum absolute atomic E-state index is 0.0170. The van der Waals surface area contributed by atoms with E-state index in [1.165, 1.54) is 0 Å². The topological polar surface area (TPSA) is 58.6 Å². The molecule has 1 fully saturated rings. The van der Waals surface area contributed by atoms with Gasteiger partial charge in [0.2, 0.25) is 5.91 Å². The summed E-state index contributed by atoms with van der Waals surface area (Å²) in [7, 11) is 0. The summed E-state index contributed by atoms with van der Waals surface area (Å²) in [6, 6.07) is 9.16. The first-order valence-electron chi connectivity index (χ1n) is 9.17. The van der Waals surface area contributed by atoms with Gasteiger partial charge in [-0.05, 0) is 39.2 Å². The minimum Gasteiger partial charge on any atom is -0.444 e. The molecule has 1 saturated heterocycles. The highest BCUT2D eigenvalue weighted by Gasteiger charge is 2.28. The first-order valence-corrected chi connectivity index (χ1v) is 9.17. The Kier molecular flexibility index (Phi) is 6.85. The molecule has 1 aliphatic heterocycles. The Balaban J connectivity index is 2.09. The average Bonchev–Trinajstić information content (AvgIpc) is 2.82. The fourth-order valence-corrected chi connectivity index (χ4v) is 3.01. The molecule has 1 aromatic carbocycles. The molecule has 5 nitrogen and oxygen atoms in total. The Morgan fingerprint density at radius 1 is 1.08 bits per heavy atom. The van der Waals surface area contributed by atoms with Crippen LogP contribution in [-0.4, -0.2) is 41.6 Å². The van der Waals surface area contributed by atoms with Gasteiger partial charge in [-0.2, -0.15) is 0 Å². The summed E-state index contributed by atoms with van der Waals surface area (Å²) in [5, 5.41) is 2.79. The molecule has 0 spiro atoms. The van der Waals surface area contributed by atoms with Crippen molar-refractivity contribution in [3.63, 3.8) is 0 Å². The van der Waals surface area contributed by atoms with Crippen LogP contribution in [0.15, 0.2) is 30.3 Å². The third-order valence-electron chi connectivity index (χ3n) is 4.19. The van der Waals surface area contributed by atoms with E-state index >= 15 is 0 Å². The van der Waals surface area contributed by atoms with Gasteiger partial charge in [0.15, 0.2) is 0 Å². The number of hydrogen-bond donors (Lipinski definition) is 1. The molecule has 1 atom stereocenters. The van der Waals surface area contributed by atoms with Crippen molar-refractivity contribution in [2.75, 3.05) is 13.1 Å². The van der Waals surface area contributed by atoms with Crippen molar-refractivity contribution in [3.05, 3.63) is 35.9 Å². The summed E-state index contributed by atoms with van der Waals surface area (Å²) in [5.74, 6) is -0.0170. The molecule has 1 aliphatic rings. The third-order valence-corrected chi connectivity index (χ3v) is 4.19. The zero-order chi connectivity index (χ0) is 18.3. The number of nitrogens with one attached hydrogen (secondary N) is 1. The van der Waals surface area contributed by atoms with Gasteiger partial charge in [0, 0.05) is 19.5 Å². The lowest BCUT2D eigenvalue weighted by Crippen LogP contribution is -2.51. The molecule has 25 heavy (non-hydrogen) atoms. The molecule has 1 aromatic rings. The van der Waals surface area contributed by atoms with E-state index in [4.69, 9.17) is 4.74 Å². The molecule has 5 heteroatoms. The molecule has 0 bridgehead atoms. The summed E-state index contributed by atoms with van der Waals surface area (Å²) < 4.78 is 5.35. The zero-order valence-electron chi connectivity index (χ0n) is 15.6. The number of nitrogens with zero attached hydrogens (tertiary/aromatic N) is 1. The van der Waals surface area contributed by atoms with Gasteiger partial charge in [-0.1, -0.05) is 43.2 Å². The third kappa shape index (κ3) is 6.77. The van der Waals surface area contributed by atoms with Crippen molar-refractivity contribution in [3.8, 4) is 0 Å². The highest BCUT2D eigenvalue weighted by molar-refractivity contribution is 5.86. The average molecular weight is 346 g/mol. The van der Waals surface area contributed by atoms with Crippen molar-refractivity contribution >= 4 is 12.0 Å². The normalized spacial score (nSPS) is 16.7. The lowest BCUT2D eigenvalue weighted by Gasteiger charge is -2.28. The van der Waals surface area contributed by atoms with E-state index in [0.717, 1.165) is 44.3 Å². The molecule has 1 N–H and O–H groups in total. The number of carbonyl (C=O) groups excluding carboxylic acids is 2. The minimum atomic E-state index is -0.602. The first-order chi connectivity index (χ1) is 11.8. The van der Waals surface area contributed by atoms with Gasteiger partial charge < -0.3 is 15.0 Å². The highest BCUT2D eigenvalue weighted by atomic mass is 16.6. The van der Waals surface area contributed by atoms with Gasteiger partial charge in [-0.25, -0.2) is 4.79 Å². The summed E-state index contributed by atoms with van der Waals surface area (Å²) >= 11 is 0. The Hall–Kier alpha value is -2.04. The Morgan fingerprint density at radius 3 is 2.24 bits per heavy atom. The monoisotopic (exact) mass is 346 g/mol. The van der Waals surface area contributed by atoms with Gasteiger partial charge >= 0.3 is 6.09 Å². The Bertz CT molecular complexity index is 558. The smallest absolute Gasteiger partial charge is 0.408 e. The lowest BCUT2D eigenvalue weighted by molar-refractivity contribution is -0.133. The van der Waals surface area contributed by atoms with E-state index in [1.807, 2.05) is 56.0 Å². The summed E-state index contributed by atoms with van der Waals surface area (Å²) in [5.41, 5.74) is 0.430. The fourth-order valence-electron chi connectivity index (χ4n) is 3.01. The van der Waals surface area contributed by atoms with Gasteiger partial charge in [-0.3, -0.25) is 4.79 Å². The largest absolute Gasteiger partial charge is 0.444 e. The predicted octanol–water partition coefficient (Wildman–Crippen LogP) is 3.53. The molecule has 138 valence electrons. The standard InChI is InChI=1S/C20H30N2O3/c1-20(2,3)25-19(24)21-17(15-16-11-7-6-8-12-16)18(23)22-13-9-4-5-10-14-22/h6-8,11-12,17H,4-5,9-10,13-15H2,1-3H3,(H,21,24)/t17-/m0/s1. The fraction of sp³-hybridized carbons (Fsp3) is 0.600. The van der Waals surface area contributed by atoms with E-state index in [1.54, 1.807) is 0 Å². The van der Waals surface area contributed by atoms with Crippen molar-refractivity contribution in [1.29, 1.82) is 0 Å². The molecule has 2 rings (SSSR count). The van der Waals surface area contributed by atoms with Crippen LogP contribution in [0.5, 0.6) is 0 Å². The zero-order valence-corrected chi connectivity index (χ0v) is 15.6. The predicted molar refractivity (Wildman–Crippen MR) is 98.4 cm³/mol. The SMILES string of the molecule is CC(C)(C)OC(=O)N[C@@H](Cc1ccccc1)C(=O)N1CCCCCC1. The van der Waals surface area contributed by atoms with E-state index in [0.29, 0.717) is 6.42 Å². The number of likely N-dealkylation sites (tertiary alicyclic amines) is 1. The van der Waals surface area contributed by atoms with Crippen LogP contribution in [0.3, 0.4) is 0 Å². The maximum absolute atomic E-state index is 13.0. The van der Waals surface area contributed by atoms with Crippen LogP contribution in [0.4, 0.5) is 4.79 Å². The second kappa shape index (κ2) is 8.88. The van der Waals surface area contributed by atoms with Crippen LogP contribution in [0, 0.1) is 0 Å². The molecular formula is C20H30N2O3. The first kappa shape index (κ1) is 19.3. The second-order valence-corrected chi connectivity index (χ2v) is 7.63. The molecule has 1 heterocycles. The van der Waals surface area contributed by atoms with E-state index in [2.05, 4.69) is 5.32 Å². The summed E-state index contributed by atoms with van der Waals surface area (Å²) in [4.78, 5) is 27.1. The van der Waals surface area contributed by atoms with E-state index < -0.39 is 17.7 Å². The van der Waals surface area contributed by atoms with Gasteiger partial charge in [0.1, 0.15) is 11.6 Å². The lowest BCUT2D eigenvalue weighted by atomic mass is 10.0. The number of amides is 2. The van der Waals surface area contributed by atoms with Crippen LogP contribution in [0.25, 0.3) is 0 Å². The molecule has 0 unspecified atom stereocenters. The summed E-state index contributed by atoms with van der Waals surface area (Å²) in [6.07, 6.45) is 4.29. The van der Waals surface area contributed by atoms with Crippen molar-refractivity contribution < 1.29 is 14.3 Å².